The maximum Gasteiger partial charge on any atom is 0.153 e. The van der Waals surface area contributed by atoms with Crippen molar-refractivity contribution in [2.24, 2.45) is 0 Å². The molecular formula is C9H9ClO2. The maximum absolute atomic E-state index is 10.5. The molecule has 0 atom stereocenters. The third kappa shape index (κ3) is 1.43. The van der Waals surface area contributed by atoms with Gasteiger partial charge in [-0.3, -0.25) is 4.79 Å². The van der Waals surface area contributed by atoms with Crippen molar-refractivity contribution in [2.75, 3.05) is 7.11 Å². The van der Waals surface area contributed by atoms with Crippen molar-refractivity contribution >= 4 is 17.9 Å². The van der Waals surface area contributed by atoms with E-state index in [0.717, 1.165) is 11.8 Å². The van der Waals surface area contributed by atoms with E-state index in [9.17, 15) is 4.79 Å². The minimum atomic E-state index is 0.451. The van der Waals surface area contributed by atoms with Crippen LogP contribution in [0.5, 0.6) is 5.75 Å². The molecule has 0 amide bonds. The summed E-state index contributed by atoms with van der Waals surface area (Å²) in [4.78, 5) is 10.5. The van der Waals surface area contributed by atoms with Gasteiger partial charge in [-0.05, 0) is 18.6 Å². The number of hydrogen-bond acceptors (Lipinski definition) is 2. The molecule has 12 heavy (non-hydrogen) atoms. The molecule has 0 N–H and O–H groups in total. The predicted molar refractivity (Wildman–Crippen MR) is 48.1 cm³/mol. The van der Waals surface area contributed by atoms with Gasteiger partial charge in [0.05, 0.1) is 17.7 Å². The van der Waals surface area contributed by atoms with Crippen molar-refractivity contribution < 1.29 is 9.53 Å². The number of carbonyl (C=O) groups is 1. The SMILES string of the molecule is COc1c(C=O)ccc(C)c1Cl. The first-order valence-electron chi connectivity index (χ1n) is 3.49. The molecule has 1 rings (SSSR count). The van der Waals surface area contributed by atoms with Crippen LogP contribution in [-0.4, -0.2) is 13.4 Å². The summed E-state index contributed by atoms with van der Waals surface area (Å²) in [6, 6.07) is 3.47. The molecule has 0 radical (unpaired) electrons. The molecule has 1 aromatic carbocycles. The number of aryl methyl sites for hydroxylation is 1. The number of ether oxygens (including phenoxy) is 1. The van der Waals surface area contributed by atoms with Crippen LogP contribution in [0.3, 0.4) is 0 Å². The number of aldehydes is 1. The number of rotatable bonds is 2. The van der Waals surface area contributed by atoms with Crippen LogP contribution in [0.15, 0.2) is 12.1 Å². The third-order valence-electron chi connectivity index (χ3n) is 1.65. The first-order chi connectivity index (χ1) is 5.70. The fourth-order valence-corrected chi connectivity index (χ4v) is 1.22. The van der Waals surface area contributed by atoms with Crippen molar-refractivity contribution in [3.05, 3.63) is 28.3 Å². The second-order valence-electron chi connectivity index (χ2n) is 2.44. The van der Waals surface area contributed by atoms with Crippen LogP contribution in [0.2, 0.25) is 5.02 Å². The average Bonchev–Trinajstić information content (AvgIpc) is 2.09. The molecule has 0 spiro atoms. The minimum Gasteiger partial charge on any atom is -0.494 e. The Morgan fingerprint density at radius 3 is 2.67 bits per heavy atom. The molecular weight excluding hydrogens is 176 g/mol. The summed E-state index contributed by atoms with van der Waals surface area (Å²) in [6.45, 7) is 1.86. The zero-order valence-electron chi connectivity index (χ0n) is 6.93. The summed E-state index contributed by atoms with van der Waals surface area (Å²) in [7, 11) is 1.49. The molecule has 1 aromatic rings. The minimum absolute atomic E-state index is 0.451. The number of carbonyl (C=O) groups excluding carboxylic acids is 1. The van der Waals surface area contributed by atoms with E-state index in [4.69, 9.17) is 16.3 Å². The highest BCUT2D eigenvalue weighted by molar-refractivity contribution is 6.33. The van der Waals surface area contributed by atoms with Crippen molar-refractivity contribution in [1.82, 2.24) is 0 Å². The lowest BCUT2D eigenvalue weighted by atomic mass is 10.1. The fourth-order valence-electron chi connectivity index (χ4n) is 0.970. The lowest BCUT2D eigenvalue weighted by Gasteiger charge is -2.07. The summed E-state index contributed by atoms with van der Waals surface area (Å²) in [5.41, 5.74) is 1.38. The van der Waals surface area contributed by atoms with E-state index in [1.54, 1.807) is 12.1 Å². The van der Waals surface area contributed by atoms with Gasteiger partial charge in [0, 0.05) is 0 Å². The predicted octanol–water partition coefficient (Wildman–Crippen LogP) is 2.47. The van der Waals surface area contributed by atoms with E-state index in [1.165, 1.54) is 7.11 Å². The summed E-state index contributed by atoms with van der Waals surface area (Å²) in [6.07, 6.45) is 0.726. The molecule has 2 nitrogen and oxygen atoms in total. The van der Waals surface area contributed by atoms with Crippen LogP contribution >= 0.6 is 11.6 Å². The van der Waals surface area contributed by atoms with Gasteiger partial charge < -0.3 is 4.74 Å². The molecule has 0 aliphatic rings. The van der Waals surface area contributed by atoms with Crippen molar-refractivity contribution in [3.63, 3.8) is 0 Å². The van der Waals surface area contributed by atoms with Gasteiger partial charge in [0.15, 0.2) is 6.29 Å². The zero-order chi connectivity index (χ0) is 9.14. The Bertz CT molecular complexity index is 308. The maximum atomic E-state index is 10.5. The highest BCUT2D eigenvalue weighted by Crippen LogP contribution is 2.30. The monoisotopic (exact) mass is 184 g/mol. The number of hydrogen-bond donors (Lipinski definition) is 0. The quantitative estimate of drug-likeness (QED) is 0.660. The molecule has 0 saturated heterocycles. The van der Waals surface area contributed by atoms with Gasteiger partial charge in [0.25, 0.3) is 0 Å². The van der Waals surface area contributed by atoms with E-state index in [1.807, 2.05) is 6.92 Å². The van der Waals surface area contributed by atoms with Crippen molar-refractivity contribution in [2.45, 2.75) is 6.92 Å². The summed E-state index contributed by atoms with van der Waals surface area (Å²) < 4.78 is 4.98. The van der Waals surface area contributed by atoms with Crippen molar-refractivity contribution in [1.29, 1.82) is 0 Å². The van der Waals surface area contributed by atoms with Crippen LogP contribution in [0.25, 0.3) is 0 Å². The molecule has 3 heteroatoms. The van der Waals surface area contributed by atoms with Crippen LogP contribution < -0.4 is 4.74 Å². The molecule has 0 aliphatic carbocycles. The van der Waals surface area contributed by atoms with E-state index < -0.39 is 0 Å². The standard InChI is InChI=1S/C9H9ClO2/c1-6-3-4-7(5-11)9(12-2)8(6)10/h3-5H,1-2H3. The van der Waals surface area contributed by atoms with Gasteiger partial charge in [-0.25, -0.2) is 0 Å². The normalized spacial score (nSPS) is 9.58. The Morgan fingerprint density at radius 2 is 2.17 bits per heavy atom. The van der Waals surface area contributed by atoms with Gasteiger partial charge in [0.1, 0.15) is 5.75 Å². The summed E-state index contributed by atoms with van der Waals surface area (Å²) >= 11 is 5.89. The van der Waals surface area contributed by atoms with Crippen LogP contribution in [0.4, 0.5) is 0 Å². The van der Waals surface area contributed by atoms with Crippen LogP contribution in [-0.2, 0) is 0 Å². The number of benzene rings is 1. The van der Waals surface area contributed by atoms with Crippen LogP contribution in [0, 0.1) is 6.92 Å². The highest BCUT2D eigenvalue weighted by atomic mass is 35.5. The highest BCUT2D eigenvalue weighted by Gasteiger charge is 2.08. The second kappa shape index (κ2) is 3.59. The second-order valence-corrected chi connectivity index (χ2v) is 2.81. The molecule has 0 heterocycles. The lowest BCUT2D eigenvalue weighted by Crippen LogP contribution is -1.92. The number of halogens is 1. The molecule has 0 aromatic heterocycles. The Kier molecular flexibility index (Phi) is 2.71. The molecule has 0 bridgehead atoms. The topological polar surface area (TPSA) is 26.3 Å². The lowest BCUT2D eigenvalue weighted by molar-refractivity contribution is 0.112. The Hall–Kier alpha value is -1.02. The third-order valence-corrected chi connectivity index (χ3v) is 2.12. The van der Waals surface area contributed by atoms with Crippen LogP contribution in [0.1, 0.15) is 15.9 Å². The molecule has 0 saturated carbocycles. The zero-order valence-corrected chi connectivity index (χ0v) is 7.68. The van der Waals surface area contributed by atoms with Gasteiger partial charge in [-0.1, -0.05) is 17.7 Å². The van der Waals surface area contributed by atoms with Gasteiger partial charge in [-0.15, -0.1) is 0 Å². The molecule has 0 aliphatic heterocycles. The summed E-state index contributed by atoms with van der Waals surface area (Å²) in [5, 5.41) is 0.502. The Morgan fingerprint density at radius 1 is 1.50 bits per heavy atom. The van der Waals surface area contributed by atoms with E-state index in [2.05, 4.69) is 0 Å². The molecule has 0 unspecified atom stereocenters. The fraction of sp³-hybridized carbons (Fsp3) is 0.222. The van der Waals surface area contributed by atoms with E-state index >= 15 is 0 Å². The Balaban J connectivity index is 3.35. The first kappa shape index (κ1) is 9.07. The number of methoxy groups -OCH3 is 1. The van der Waals surface area contributed by atoms with Crippen molar-refractivity contribution in [3.8, 4) is 5.75 Å². The largest absolute Gasteiger partial charge is 0.494 e. The summed E-state index contributed by atoms with van der Waals surface area (Å²) in [5.74, 6) is 0.451. The Labute approximate surface area is 76.1 Å². The van der Waals surface area contributed by atoms with Gasteiger partial charge in [-0.2, -0.15) is 0 Å². The molecule has 0 fully saturated rings. The smallest absolute Gasteiger partial charge is 0.153 e. The van der Waals surface area contributed by atoms with E-state index in [-0.39, 0.29) is 0 Å². The average molecular weight is 185 g/mol. The van der Waals surface area contributed by atoms with Gasteiger partial charge in [0.2, 0.25) is 0 Å². The van der Waals surface area contributed by atoms with E-state index in [0.29, 0.717) is 16.3 Å². The first-order valence-corrected chi connectivity index (χ1v) is 3.86. The molecule has 64 valence electrons. The van der Waals surface area contributed by atoms with Gasteiger partial charge >= 0.3 is 0 Å².